The SMILES string of the molecule is CC(O)N(CCCCCO)C(C)O. The highest BCUT2D eigenvalue weighted by Crippen LogP contribution is 2.04. The lowest BCUT2D eigenvalue weighted by molar-refractivity contribution is -0.0845. The van der Waals surface area contributed by atoms with Crippen LogP contribution in [0.25, 0.3) is 0 Å². The van der Waals surface area contributed by atoms with Gasteiger partial charge in [-0.3, -0.25) is 4.90 Å². The highest BCUT2D eigenvalue weighted by atomic mass is 16.3. The van der Waals surface area contributed by atoms with Gasteiger partial charge in [0.1, 0.15) is 12.5 Å². The monoisotopic (exact) mass is 191 g/mol. The summed E-state index contributed by atoms with van der Waals surface area (Å²) in [6.45, 7) is 4.15. The maximum absolute atomic E-state index is 9.26. The highest BCUT2D eigenvalue weighted by molar-refractivity contribution is 4.59. The maximum atomic E-state index is 9.26. The van der Waals surface area contributed by atoms with Crippen LogP contribution < -0.4 is 0 Å². The quantitative estimate of drug-likeness (QED) is 0.395. The third-order valence-electron chi connectivity index (χ3n) is 2.03. The molecule has 0 fully saturated rings. The summed E-state index contributed by atoms with van der Waals surface area (Å²) in [5.41, 5.74) is 0. The first-order valence-corrected chi connectivity index (χ1v) is 4.82. The first kappa shape index (κ1) is 12.8. The molecule has 0 aromatic carbocycles. The predicted octanol–water partition coefficient (Wildman–Crippen LogP) is 0.128. The summed E-state index contributed by atoms with van der Waals surface area (Å²) in [7, 11) is 0. The number of unbranched alkanes of at least 4 members (excludes halogenated alkanes) is 2. The Labute approximate surface area is 79.8 Å². The summed E-state index contributed by atoms with van der Waals surface area (Å²) >= 11 is 0. The molecule has 0 rings (SSSR count). The molecule has 2 unspecified atom stereocenters. The van der Waals surface area contributed by atoms with Gasteiger partial charge in [0.15, 0.2) is 0 Å². The van der Waals surface area contributed by atoms with Crippen LogP contribution >= 0.6 is 0 Å². The summed E-state index contributed by atoms with van der Waals surface area (Å²) in [5.74, 6) is 0. The van der Waals surface area contributed by atoms with E-state index in [-0.39, 0.29) is 6.61 Å². The molecule has 3 N–H and O–H groups in total. The van der Waals surface area contributed by atoms with Crippen molar-refractivity contribution in [3.05, 3.63) is 0 Å². The summed E-state index contributed by atoms with van der Waals surface area (Å²) in [4.78, 5) is 1.61. The summed E-state index contributed by atoms with van der Waals surface area (Å²) in [6.07, 6.45) is 1.36. The predicted molar refractivity (Wildman–Crippen MR) is 51.0 cm³/mol. The second-order valence-electron chi connectivity index (χ2n) is 3.29. The maximum Gasteiger partial charge on any atom is 0.106 e. The van der Waals surface area contributed by atoms with Crippen molar-refractivity contribution in [1.82, 2.24) is 4.90 Å². The molecule has 0 aromatic heterocycles. The number of hydrogen-bond acceptors (Lipinski definition) is 4. The van der Waals surface area contributed by atoms with E-state index in [0.717, 1.165) is 19.3 Å². The van der Waals surface area contributed by atoms with Crippen molar-refractivity contribution in [1.29, 1.82) is 0 Å². The largest absolute Gasteiger partial charge is 0.396 e. The molecule has 80 valence electrons. The van der Waals surface area contributed by atoms with Crippen LogP contribution in [0.2, 0.25) is 0 Å². The molecule has 4 nitrogen and oxygen atoms in total. The van der Waals surface area contributed by atoms with Crippen molar-refractivity contribution in [3.63, 3.8) is 0 Å². The van der Waals surface area contributed by atoms with Gasteiger partial charge in [0.25, 0.3) is 0 Å². The lowest BCUT2D eigenvalue weighted by Crippen LogP contribution is -2.40. The molecule has 0 radical (unpaired) electrons. The van der Waals surface area contributed by atoms with Gasteiger partial charge in [-0.05, 0) is 33.1 Å². The number of hydrogen-bond donors (Lipinski definition) is 3. The molecule has 0 aliphatic heterocycles. The van der Waals surface area contributed by atoms with Gasteiger partial charge in [-0.15, -0.1) is 0 Å². The normalized spacial score (nSPS) is 16.2. The van der Waals surface area contributed by atoms with E-state index in [9.17, 15) is 10.2 Å². The Bertz CT molecular complexity index is 109. The van der Waals surface area contributed by atoms with Gasteiger partial charge < -0.3 is 15.3 Å². The summed E-state index contributed by atoms with van der Waals surface area (Å²) in [6, 6.07) is 0. The minimum absolute atomic E-state index is 0.212. The van der Waals surface area contributed by atoms with E-state index >= 15 is 0 Å². The van der Waals surface area contributed by atoms with Crippen molar-refractivity contribution in [2.45, 2.75) is 45.6 Å². The smallest absolute Gasteiger partial charge is 0.106 e. The van der Waals surface area contributed by atoms with Crippen molar-refractivity contribution in [3.8, 4) is 0 Å². The van der Waals surface area contributed by atoms with E-state index in [4.69, 9.17) is 5.11 Å². The third kappa shape index (κ3) is 5.99. The highest BCUT2D eigenvalue weighted by Gasteiger charge is 2.14. The van der Waals surface area contributed by atoms with Gasteiger partial charge in [0.2, 0.25) is 0 Å². The number of rotatable bonds is 7. The molecule has 0 saturated heterocycles. The summed E-state index contributed by atoms with van der Waals surface area (Å²) < 4.78 is 0. The summed E-state index contributed by atoms with van der Waals surface area (Å²) in [5, 5.41) is 27.0. The Morgan fingerprint density at radius 3 is 1.92 bits per heavy atom. The average molecular weight is 191 g/mol. The van der Waals surface area contributed by atoms with E-state index in [2.05, 4.69) is 0 Å². The molecular weight excluding hydrogens is 170 g/mol. The first-order valence-electron chi connectivity index (χ1n) is 4.82. The van der Waals surface area contributed by atoms with Gasteiger partial charge in [-0.25, -0.2) is 0 Å². The lowest BCUT2D eigenvalue weighted by atomic mass is 10.2. The van der Waals surface area contributed by atoms with Crippen LogP contribution in [0.15, 0.2) is 0 Å². The van der Waals surface area contributed by atoms with Crippen LogP contribution in [-0.2, 0) is 0 Å². The number of aliphatic hydroxyl groups is 3. The average Bonchev–Trinajstić information content (AvgIpc) is 2.02. The molecule has 4 heteroatoms. The Morgan fingerprint density at radius 2 is 1.54 bits per heavy atom. The Balaban J connectivity index is 3.58. The van der Waals surface area contributed by atoms with Crippen LogP contribution in [0.1, 0.15) is 33.1 Å². The molecule has 2 atom stereocenters. The van der Waals surface area contributed by atoms with Gasteiger partial charge in [-0.1, -0.05) is 0 Å². The molecule has 0 heterocycles. The molecule has 0 saturated carbocycles. The van der Waals surface area contributed by atoms with Crippen LogP contribution in [-0.4, -0.2) is 45.8 Å². The van der Waals surface area contributed by atoms with Gasteiger partial charge in [-0.2, -0.15) is 0 Å². The van der Waals surface area contributed by atoms with Crippen molar-refractivity contribution < 1.29 is 15.3 Å². The van der Waals surface area contributed by atoms with Crippen LogP contribution in [0, 0.1) is 0 Å². The molecule has 0 amide bonds. The fraction of sp³-hybridized carbons (Fsp3) is 1.00. The number of aliphatic hydroxyl groups excluding tert-OH is 3. The van der Waals surface area contributed by atoms with Crippen molar-refractivity contribution in [2.24, 2.45) is 0 Å². The minimum Gasteiger partial charge on any atom is -0.396 e. The fourth-order valence-electron chi connectivity index (χ4n) is 1.27. The lowest BCUT2D eigenvalue weighted by Gasteiger charge is -2.27. The van der Waals surface area contributed by atoms with Crippen LogP contribution in [0.3, 0.4) is 0 Å². The van der Waals surface area contributed by atoms with E-state index in [1.807, 2.05) is 0 Å². The molecule has 0 aliphatic carbocycles. The van der Waals surface area contributed by atoms with Gasteiger partial charge in [0, 0.05) is 13.2 Å². The fourth-order valence-corrected chi connectivity index (χ4v) is 1.27. The van der Waals surface area contributed by atoms with E-state index in [1.54, 1.807) is 18.7 Å². The standard InChI is InChI=1S/C9H21NO3/c1-8(12)10(9(2)13)6-4-3-5-7-11/h8-9,11-13H,3-7H2,1-2H3. The Hall–Kier alpha value is -0.160. The van der Waals surface area contributed by atoms with Crippen LogP contribution in [0.4, 0.5) is 0 Å². The second-order valence-corrected chi connectivity index (χ2v) is 3.29. The molecule has 0 bridgehead atoms. The second kappa shape index (κ2) is 7.26. The number of nitrogens with zero attached hydrogens (tertiary/aromatic N) is 1. The van der Waals surface area contributed by atoms with Gasteiger partial charge >= 0.3 is 0 Å². The zero-order valence-electron chi connectivity index (χ0n) is 8.48. The molecule has 13 heavy (non-hydrogen) atoms. The molecule has 0 aromatic rings. The molecular formula is C9H21NO3. The zero-order chi connectivity index (χ0) is 10.3. The van der Waals surface area contributed by atoms with E-state index < -0.39 is 12.5 Å². The van der Waals surface area contributed by atoms with Gasteiger partial charge in [0.05, 0.1) is 0 Å². The Morgan fingerprint density at radius 1 is 1.00 bits per heavy atom. The molecule has 0 spiro atoms. The van der Waals surface area contributed by atoms with Crippen LogP contribution in [0.5, 0.6) is 0 Å². The van der Waals surface area contributed by atoms with E-state index in [0.29, 0.717) is 6.54 Å². The van der Waals surface area contributed by atoms with E-state index in [1.165, 1.54) is 0 Å². The van der Waals surface area contributed by atoms with Crippen molar-refractivity contribution >= 4 is 0 Å². The van der Waals surface area contributed by atoms with Crippen molar-refractivity contribution in [2.75, 3.05) is 13.2 Å². The zero-order valence-corrected chi connectivity index (χ0v) is 8.48. The minimum atomic E-state index is -0.617. The first-order chi connectivity index (χ1) is 6.09. The topological polar surface area (TPSA) is 63.9 Å². The third-order valence-corrected chi connectivity index (χ3v) is 2.03. The molecule has 0 aliphatic rings. The Kier molecular flexibility index (Phi) is 7.17.